The maximum Gasteiger partial charge on any atom is 0.258 e. The Hall–Kier alpha value is -3.66. The van der Waals surface area contributed by atoms with E-state index in [1.165, 1.54) is 21.3 Å². The van der Waals surface area contributed by atoms with Crippen LogP contribution in [0.2, 0.25) is 0 Å². The van der Waals surface area contributed by atoms with Gasteiger partial charge in [-0.15, -0.1) is 0 Å². The Morgan fingerprint density at radius 3 is 2.38 bits per heavy atom. The lowest BCUT2D eigenvalue weighted by Gasteiger charge is -2.20. The van der Waals surface area contributed by atoms with Gasteiger partial charge in [-0.1, -0.05) is 0 Å². The monoisotopic (exact) mass is 471 g/mol. The predicted molar refractivity (Wildman–Crippen MR) is 126 cm³/mol. The number of guanidine groups is 1. The van der Waals surface area contributed by atoms with E-state index in [0.717, 1.165) is 19.4 Å². The van der Waals surface area contributed by atoms with E-state index in [9.17, 15) is 4.79 Å². The molecule has 0 unspecified atom stereocenters. The number of nitrogens with zero attached hydrogens (tertiary/aromatic N) is 1. The molecule has 1 atom stereocenters. The minimum Gasteiger partial charge on any atom is -0.493 e. The largest absolute Gasteiger partial charge is 0.493 e. The molecule has 34 heavy (non-hydrogen) atoms. The molecular weight excluding hydrogens is 442 g/mol. The summed E-state index contributed by atoms with van der Waals surface area (Å²) < 4.78 is 33.0. The van der Waals surface area contributed by atoms with Crippen LogP contribution in [-0.4, -0.2) is 65.7 Å². The fourth-order valence-corrected chi connectivity index (χ4v) is 3.74. The number of ether oxygens (including phenoxy) is 6. The van der Waals surface area contributed by atoms with Crippen LogP contribution in [0.5, 0.6) is 28.7 Å². The second-order valence-corrected chi connectivity index (χ2v) is 7.68. The highest BCUT2D eigenvalue weighted by Gasteiger charge is 2.20. The Balaban J connectivity index is 1.56. The Kier molecular flexibility index (Phi) is 7.58. The predicted octanol–water partition coefficient (Wildman–Crippen LogP) is 2.86. The molecule has 0 radical (unpaired) electrons. The molecule has 2 N–H and O–H groups in total. The number of aliphatic imine (C=N–C) groups is 1. The number of amides is 1. The number of benzene rings is 2. The third-order valence-electron chi connectivity index (χ3n) is 5.44. The third kappa shape index (κ3) is 5.45. The van der Waals surface area contributed by atoms with Gasteiger partial charge in [0.25, 0.3) is 5.91 Å². The van der Waals surface area contributed by atoms with Gasteiger partial charge in [0.2, 0.25) is 11.7 Å². The molecule has 1 amide bonds. The van der Waals surface area contributed by atoms with Crippen LogP contribution in [0.3, 0.4) is 0 Å². The van der Waals surface area contributed by atoms with Crippen LogP contribution in [0.25, 0.3) is 0 Å². The lowest BCUT2D eigenvalue weighted by molar-refractivity contribution is 0.0974. The van der Waals surface area contributed by atoms with Crippen LogP contribution >= 0.6 is 0 Å². The van der Waals surface area contributed by atoms with Crippen molar-refractivity contribution in [1.29, 1.82) is 0 Å². The summed E-state index contributed by atoms with van der Waals surface area (Å²) in [4.78, 5) is 17.7. The molecule has 4 rings (SSSR count). The number of rotatable bonds is 7. The minimum absolute atomic E-state index is 0.0233. The normalized spacial score (nSPS) is 17.1. The summed E-state index contributed by atoms with van der Waals surface area (Å²) in [7, 11) is 4.50. The number of carbonyl (C=O) groups is 1. The Morgan fingerprint density at radius 1 is 1.00 bits per heavy atom. The average Bonchev–Trinajstić information content (AvgIpc) is 3.40. The molecule has 0 spiro atoms. The van der Waals surface area contributed by atoms with Crippen molar-refractivity contribution in [3.8, 4) is 28.7 Å². The summed E-state index contributed by atoms with van der Waals surface area (Å²) >= 11 is 0. The van der Waals surface area contributed by atoms with Crippen molar-refractivity contribution in [3.05, 3.63) is 35.9 Å². The molecule has 10 nitrogen and oxygen atoms in total. The number of hydrogen-bond acceptors (Lipinski definition) is 8. The van der Waals surface area contributed by atoms with E-state index >= 15 is 0 Å². The van der Waals surface area contributed by atoms with Gasteiger partial charge in [0.1, 0.15) is 13.2 Å². The van der Waals surface area contributed by atoms with Crippen LogP contribution in [0.1, 0.15) is 23.2 Å². The van der Waals surface area contributed by atoms with E-state index in [1.807, 2.05) is 18.2 Å². The maximum absolute atomic E-state index is 13.2. The lowest BCUT2D eigenvalue weighted by atomic mass is 10.1. The van der Waals surface area contributed by atoms with Gasteiger partial charge in [-0.25, -0.2) is 4.99 Å². The molecule has 2 aromatic carbocycles. The van der Waals surface area contributed by atoms with E-state index in [-0.39, 0.29) is 12.1 Å². The summed E-state index contributed by atoms with van der Waals surface area (Å²) in [5.74, 6) is 2.36. The van der Waals surface area contributed by atoms with E-state index in [1.54, 1.807) is 12.1 Å². The molecular formula is C24H29N3O7. The average molecular weight is 472 g/mol. The molecule has 2 aromatic rings. The summed E-state index contributed by atoms with van der Waals surface area (Å²) in [5.41, 5.74) is 1.02. The van der Waals surface area contributed by atoms with E-state index < -0.39 is 5.91 Å². The minimum atomic E-state index is -0.393. The zero-order valence-corrected chi connectivity index (χ0v) is 19.5. The first-order valence-corrected chi connectivity index (χ1v) is 11.1. The zero-order valence-electron chi connectivity index (χ0n) is 19.5. The van der Waals surface area contributed by atoms with Crippen molar-refractivity contribution in [2.24, 2.45) is 4.99 Å². The molecule has 10 heteroatoms. The molecule has 2 heterocycles. The van der Waals surface area contributed by atoms with E-state index in [0.29, 0.717) is 59.8 Å². The van der Waals surface area contributed by atoms with Crippen molar-refractivity contribution in [2.75, 3.05) is 53.0 Å². The van der Waals surface area contributed by atoms with Gasteiger partial charge in [0, 0.05) is 23.9 Å². The standard InChI is InChI=1S/C24H29N3O7/c1-29-20-11-15(12-21(30-2)22(20)31-3)23(28)27-24(25-14-17-5-4-8-32-17)26-16-6-7-18-19(13-16)34-10-9-33-18/h6-7,11-13,17H,4-5,8-10,14H2,1-3H3,(H2,25,26,27,28)/t17-/m0/s1. The van der Waals surface area contributed by atoms with Gasteiger partial charge in [-0.2, -0.15) is 0 Å². The maximum atomic E-state index is 13.2. The van der Waals surface area contributed by atoms with Crippen molar-refractivity contribution in [3.63, 3.8) is 0 Å². The number of fused-ring (bicyclic) bond motifs is 1. The van der Waals surface area contributed by atoms with Gasteiger partial charge < -0.3 is 33.7 Å². The van der Waals surface area contributed by atoms with E-state index in [4.69, 9.17) is 28.4 Å². The van der Waals surface area contributed by atoms with Gasteiger partial charge in [0.15, 0.2) is 23.0 Å². The first kappa shape index (κ1) is 23.5. The Labute approximate surface area is 198 Å². The Bertz CT molecular complexity index is 1030. The van der Waals surface area contributed by atoms with Crippen LogP contribution in [0.4, 0.5) is 5.69 Å². The molecule has 182 valence electrons. The molecule has 2 aliphatic heterocycles. The Morgan fingerprint density at radius 2 is 1.74 bits per heavy atom. The number of nitrogens with one attached hydrogen (secondary N) is 2. The summed E-state index contributed by atoms with van der Waals surface area (Å²) in [6.45, 7) is 2.14. The molecule has 0 saturated carbocycles. The number of hydrogen-bond donors (Lipinski definition) is 2. The lowest BCUT2D eigenvalue weighted by Crippen LogP contribution is -2.36. The quantitative estimate of drug-likeness (QED) is 0.469. The molecule has 1 fully saturated rings. The zero-order chi connectivity index (χ0) is 23.9. The molecule has 0 aliphatic carbocycles. The van der Waals surface area contributed by atoms with Crippen molar-refractivity contribution >= 4 is 17.6 Å². The highest BCUT2D eigenvalue weighted by molar-refractivity contribution is 6.10. The first-order chi connectivity index (χ1) is 16.6. The molecule has 2 aliphatic rings. The van der Waals surface area contributed by atoms with Crippen LogP contribution in [0.15, 0.2) is 35.3 Å². The number of anilines is 1. The van der Waals surface area contributed by atoms with Crippen molar-refractivity contribution < 1.29 is 33.2 Å². The number of methoxy groups -OCH3 is 3. The molecule has 1 saturated heterocycles. The SMILES string of the molecule is COc1cc(C(=O)NC(=NC[C@@H]2CCCO2)Nc2ccc3c(c2)OCCO3)cc(OC)c1OC. The third-order valence-corrected chi connectivity index (χ3v) is 5.44. The summed E-state index contributed by atoms with van der Waals surface area (Å²) in [6.07, 6.45) is 1.96. The summed E-state index contributed by atoms with van der Waals surface area (Å²) in [5, 5.41) is 6.02. The van der Waals surface area contributed by atoms with Crippen LogP contribution < -0.4 is 34.3 Å². The van der Waals surface area contributed by atoms with Crippen molar-refractivity contribution in [2.45, 2.75) is 18.9 Å². The highest BCUT2D eigenvalue weighted by atomic mass is 16.6. The second kappa shape index (κ2) is 11.0. The van der Waals surface area contributed by atoms with Gasteiger partial charge in [0.05, 0.1) is 34.0 Å². The smallest absolute Gasteiger partial charge is 0.258 e. The number of carbonyl (C=O) groups excluding carboxylic acids is 1. The van der Waals surface area contributed by atoms with Crippen LogP contribution in [0, 0.1) is 0 Å². The second-order valence-electron chi connectivity index (χ2n) is 7.68. The van der Waals surface area contributed by atoms with Crippen molar-refractivity contribution in [1.82, 2.24) is 5.32 Å². The summed E-state index contributed by atoms with van der Waals surface area (Å²) in [6, 6.07) is 8.62. The fourth-order valence-electron chi connectivity index (χ4n) is 3.74. The molecule has 0 bridgehead atoms. The van der Waals surface area contributed by atoms with Gasteiger partial charge in [-0.3, -0.25) is 10.1 Å². The van der Waals surface area contributed by atoms with Crippen LogP contribution in [-0.2, 0) is 4.74 Å². The molecule has 0 aromatic heterocycles. The highest BCUT2D eigenvalue weighted by Crippen LogP contribution is 2.38. The van der Waals surface area contributed by atoms with Gasteiger partial charge in [-0.05, 0) is 37.1 Å². The van der Waals surface area contributed by atoms with Gasteiger partial charge >= 0.3 is 0 Å². The topological polar surface area (TPSA) is 109 Å². The fraction of sp³-hybridized carbons (Fsp3) is 0.417. The first-order valence-electron chi connectivity index (χ1n) is 11.1. The van der Waals surface area contributed by atoms with E-state index in [2.05, 4.69) is 15.6 Å².